The number of carbonyl (C=O) groups excluding carboxylic acids is 4. The second kappa shape index (κ2) is 19.2. The van der Waals surface area contributed by atoms with Crippen molar-refractivity contribution in [2.75, 3.05) is 103 Å². The molecule has 6 fully saturated rings. The van der Waals surface area contributed by atoms with E-state index in [2.05, 4.69) is 27.8 Å². The summed E-state index contributed by atoms with van der Waals surface area (Å²) < 4.78 is 6.15. The van der Waals surface area contributed by atoms with E-state index in [1.54, 1.807) is 20.8 Å². The summed E-state index contributed by atoms with van der Waals surface area (Å²) >= 11 is 14.5. The van der Waals surface area contributed by atoms with Crippen LogP contribution in [-0.4, -0.2) is 179 Å². The van der Waals surface area contributed by atoms with E-state index in [1.807, 2.05) is 17.0 Å². The number of benzene rings is 2. The van der Waals surface area contributed by atoms with Crippen molar-refractivity contribution in [1.82, 2.24) is 29.4 Å². The summed E-state index contributed by atoms with van der Waals surface area (Å²) in [6, 6.07) is 7.40. The van der Waals surface area contributed by atoms with Crippen molar-refractivity contribution in [3.63, 3.8) is 0 Å². The van der Waals surface area contributed by atoms with E-state index in [0.717, 1.165) is 54.8 Å². The molecular weight excluding hydrogens is 841 g/mol. The van der Waals surface area contributed by atoms with Crippen molar-refractivity contribution >= 4 is 64.3 Å². The summed E-state index contributed by atoms with van der Waals surface area (Å²) in [4.78, 5) is 64.0. The Morgan fingerprint density at radius 3 is 2.10 bits per heavy atom. The molecule has 1 atom stereocenters. The van der Waals surface area contributed by atoms with Gasteiger partial charge in [0.05, 0.1) is 35.5 Å². The van der Waals surface area contributed by atoms with E-state index in [0.29, 0.717) is 98.3 Å². The van der Waals surface area contributed by atoms with Crippen molar-refractivity contribution < 1.29 is 34.1 Å². The number of thioether (sulfide) groups is 1. The summed E-state index contributed by atoms with van der Waals surface area (Å²) in [7, 11) is 0. The third kappa shape index (κ3) is 10.3. The van der Waals surface area contributed by atoms with Crippen LogP contribution in [0.4, 0.5) is 5.69 Å². The highest BCUT2D eigenvalue weighted by Gasteiger charge is 2.40. The number of piperazine rings is 2. The van der Waals surface area contributed by atoms with E-state index in [4.69, 9.17) is 27.9 Å². The average Bonchev–Trinajstić information content (AvgIpc) is 4.16. The van der Waals surface area contributed by atoms with Gasteiger partial charge in [-0.2, -0.15) is 0 Å². The first-order valence-corrected chi connectivity index (χ1v) is 23.1. The van der Waals surface area contributed by atoms with Gasteiger partial charge in [0.15, 0.2) is 0 Å². The SMILES string of the molecule is C=CC(=O)N1CC(N2CCN(C(=O)CSc3cc(C4CC4)c(Cl)cc3OC/C=C/C(=O)N3CC(N4CCN(C(=O)CNc5cc(C6CC6)c(Cl)cc5O)C[C@H]4CO)C3)CC2)C1. The Balaban J connectivity index is 0.769. The Bertz CT molecular complexity index is 2030. The standard InChI is InChI=1S/C44H55Cl2N7O7S/c1-2-41(56)51-21-30(22-51)48-9-11-49(12-10-48)44(59)27-61-40-17-34(29-7-8-29)36(46)19-39(40)60-15-3-4-42(57)52-23-31(24-52)53-14-13-50(25-32(53)26-54)43(58)20-47-37-16-33(28-5-6-28)35(45)18-38(37)55/h2-4,16-19,28-32,47,54-55H,1,5-15,20-27H2/b4-3+/t32-/m0/s1. The zero-order valence-electron chi connectivity index (χ0n) is 34.4. The minimum atomic E-state index is -0.250. The maximum Gasteiger partial charge on any atom is 0.246 e. The van der Waals surface area contributed by atoms with Gasteiger partial charge in [-0.15, -0.1) is 11.8 Å². The molecule has 2 saturated carbocycles. The molecule has 61 heavy (non-hydrogen) atoms. The van der Waals surface area contributed by atoms with Crippen LogP contribution in [0.15, 0.2) is 54.0 Å². The molecule has 328 valence electrons. The lowest BCUT2D eigenvalue weighted by Crippen LogP contribution is -2.68. The molecule has 0 aromatic heterocycles. The second-order valence-corrected chi connectivity index (χ2v) is 18.8. The fourth-order valence-electron chi connectivity index (χ4n) is 8.73. The van der Waals surface area contributed by atoms with Crippen LogP contribution in [-0.2, 0) is 19.2 Å². The zero-order valence-corrected chi connectivity index (χ0v) is 36.7. The number of nitrogens with zero attached hydrogens (tertiary/aromatic N) is 6. The largest absolute Gasteiger partial charge is 0.506 e. The Hall–Kier alpha value is -3.99. The molecule has 4 aliphatic heterocycles. The number of carbonyl (C=O) groups is 4. The maximum atomic E-state index is 13.3. The zero-order chi connectivity index (χ0) is 42.8. The number of ether oxygens (including phenoxy) is 1. The monoisotopic (exact) mass is 895 g/mol. The number of aromatic hydroxyl groups is 1. The van der Waals surface area contributed by atoms with Gasteiger partial charge in [-0.05, 0) is 72.9 Å². The fourth-order valence-corrected chi connectivity index (χ4v) is 10.3. The molecule has 2 aromatic rings. The molecule has 4 amide bonds. The number of halogens is 2. The van der Waals surface area contributed by atoms with Crippen molar-refractivity contribution in [3.8, 4) is 11.5 Å². The topological polar surface area (TPSA) is 149 Å². The van der Waals surface area contributed by atoms with Crippen LogP contribution in [0.25, 0.3) is 0 Å². The number of likely N-dealkylation sites (tertiary alicyclic amines) is 2. The highest BCUT2D eigenvalue weighted by Crippen LogP contribution is 2.47. The average molecular weight is 897 g/mol. The number of aliphatic hydroxyl groups is 1. The second-order valence-electron chi connectivity index (χ2n) is 16.9. The predicted octanol–water partition coefficient (Wildman–Crippen LogP) is 3.85. The molecule has 0 spiro atoms. The number of rotatable bonds is 16. The molecular formula is C44H55Cl2N7O7S. The Morgan fingerprint density at radius 2 is 1.43 bits per heavy atom. The van der Waals surface area contributed by atoms with Crippen LogP contribution in [0.5, 0.6) is 11.5 Å². The van der Waals surface area contributed by atoms with Gasteiger partial charge in [0.2, 0.25) is 23.6 Å². The van der Waals surface area contributed by atoms with Crippen LogP contribution in [0.2, 0.25) is 10.0 Å². The van der Waals surface area contributed by atoms with Crippen molar-refractivity contribution in [2.24, 2.45) is 0 Å². The van der Waals surface area contributed by atoms with E-state index in [-0.39, 0.29) is 67.0 Å². The quantitative estimate of drug-likeness (QED) is 0.128. The molecule has 14 nitrogen and oxygen atoms in total. The van der Waals surface area contributed by atoms with Gasteiger partial charge in [-0.25, -0.2) is 0 Å². The summed E-state index contributed by atoms with van der Waals surface area (Å²) in [5, 5.41) is 24.9. The first-order valence-electron chi connectivity index (χ1n) is 21.4. The van der Waals surface area contributed by atoms with E-state index in [9.17, 15) is 29.4 Å². The highest BCUT2D eigenvalue weighted by molar-refractivity contribution is 8.00. The van der Waals surface area contributed by atoms with E-state index < -0.39 is 0 Å². The van der Waals surface area contributed by atoms with Crippen LogP contribution in [0, 0.1) is 0 Å². The van der Waals surface area contributed by atoms with Gasteiger partial charge in [0.1, 0.15) is 18.1 Å². The number of hydrogen-bond acceptors (Lipinski definition) is 11. The van der Waals surface area contributed by atoms with E-state index >= 15 is 0 Å². The normalized spacial score (nSPS) is 21.7. The Morgan fingerprint density at radius 1 is 0.787 bits per heavy atom. The van der Waals surface area contributed by atoms with Gasteiger partial charge >= 0.3 is 0 Å². The third-order valence-corrected chi connectivity index (χ3v) is 14.5. The van der Waals surface area contributed by atoms with Gasteiger partial charge in [-0.3, -0.25) is 29.0 Å². The Kier molecular flexibility index (Phi) is 13.7. The number of phenols is 1. The first kappa shape index (κ1) is 43.7. The lowest BCUT2D eigenvalue weighted by molar-refractivity contribution is -0.139. The molecule has 6 aliphatic rings. The molecule has 0 unspecified atom stereocenters. The molecule has 4 heterocycles. The van der Waals surface area contributed by atoms with Gasteiger partial charge in [-0.1, -0.05) is 29.8 Å². The summed E-state index contributed by atoms with van der Waals surface area (Å²) in [5.41, 5.74) is 2.55. The van der Waals surface area contributed by atoms with Crippen molar-refractivity contribution in [1.29, 1.82) is 0 Å². The molecule has 3 N–H and O–H groups in total. The lowest BCUT2D eigenvalue weighted by atomic mass is 10.0. The van der Waals surface area contributed by atoms with Crippen LogP contribution < -0.4 is 10.1 Å². The predicted molar refractivity (Wildman–Crippen MR) is 236 cm³/mol. The number of phenolic OH excluding ortho intramolecular Hbond substituents is 1. The van der Waals surface area contributed by atoms with Crippen molar-refractivity contribution in [2.45, 2.75) is 60.5 Å². The number of nitrogens with one attached hydrogen (secondary N) is 1. The minimum absolute atomic E-state index is 0.00728. The number of amides is 4. The molecule has 2 aromatic carbocycles. The number of anilines is 1. The molecule has 4 saturated heterocycles. The fraction of sp³-hybridized carbons (Fsp3) is 0.545. The van der Waals surface area contributed by atoms with Crippen molar-refractivity contribution in [3.05, 3.63) is 70.2 Å². The van der Waals surface area contributed by atoms with Gasteiger partial charge in [0, 0.05) is 112 Å². The van der Waals surface area contributed by atoms with Gasteiger partial charge in [0.25, 0.3) is 0 Å². The Labute approximate surface area is 371 Å². The lowest BCUT2D eigenvalue weighted by Gasteiger charge is -2.51. The van der Waals surface area contributed by atoms with E-state index in [1.165, 1.54) is 30.0 Å². The highest BCUT2D eigenvalue weighted by atomic mass is 35.5. The summed E-state index contributed by atoms with van der Waals surface area (Å²) in [6.45, 7) is 10.4. The third-order valence-electron chi connectivity index (χ3n) is 12.9. The summed E-state index contributed by atoms with van der Waals surface area (Å²) in [5.74, 6) is 1.47. The molecule has 0 bridgehead atoms. The number of hydrogen-bond donors (Lipinski definition) is 3. The molecule has 2 aliphatic carbocycles. The van der Waals surface area contributed by atoms with Crippen LogP contribution >= 0.6 is 35.0 Å². The first-order chi connectivity index (χ1) is 29.5. The smallest absolute Gasteiger partial charge is 0.246 e. The molecule has 8 rings (SSSR count). The van der Waals surface area contributed by atoms with Crippen LogP contribution in [0.3, 0.4) is 0 Å². The van der Waals surface area contributed by atoms with Crippen LogP contribution in [0.1, 0.15) is 48.6 Å². The number of aliphatic hydroxyl groups excluding tert-OH is 1. The maximum absolute atomic E-state index is 13.3. The molecule has 0 radical (unpaired) electrons. The van der Waals surface area contributed by atoms with Gasteiger partial charge < -0.3 is 39.9 Å². The summed E-state index contributed by atoms with van der Waals surface area (Å²) in [6.07, 6.45) is 8.87. The molecule has 17 heteroatoms. The minimum Gasteiger partial charge on any atom is -0.506 e.